The summed E-state index contributed by atoms with van der Waals surface area (Å²) in [6.07, 6.45) is 0. The summed E-state index contributed by atoms with van der Waals surface area (Å²) in [5, 5.41) is 0. The third-order valence-electron chi connectivity index (χ3n) is 1.82. The van der Waals surface area contributed by atoms with Crippen LogP contribution in [0.5, 0.6) is 0 Å². The molecule has 0 aliphatic carbocycles. The van der Waals surface area contributed by atoms with Crippen molar-refractivity contribution in [2.75, 3.05) is 0 Å². The number of hydrogen-bond donors (Lipinski definition) is 0. The maximum Gasteiger partial charge on any atom is -0.171 e. The van der Waals surface area contributed by atoms with Crippen molar-refractivity contribution in [1.29, 1.82) is 0 Å². The van der Waals surface area contributed by atoms with Crippen LogP contribution in [0.15, 0.2) is 91.0 Å². The quantitative estimate of drug-likeness (QED) is 0.239. The second-order valence-corrected chi connectivity index (χ2v) is 4.48. The zero-order valence-electron chi connectivity index (χ0n) is 12.7. The fourth-order valence-electron chi connectivity index (χ4n) is 1.03. The van der Waals surface area contributed by atoms with Crippen molar-refractivity contribution in [2.24, 2.45) is 0 Å². The summed E-state index contributed by atoms with van der Waals surface area (Å²) < 4.78 is 39.2. The van der Waals surface area contributed by atoms with Gasteiger partial charge in [0.05, 0.1) is 0 Å². The summed E-state index contributed by atoms with van der Waals surface area (Å²) in [5.41, 5.74) is 0. The molecule has 0 unspecified atom stereocenters. The number of benzene rings is 3. The molecule has 0 aliphatic rings. The molecule has 3 rings (SSSR count). The molecule has 0 atom stereocenters. The van der Waals surface area contributed by atoms with Crippen molar-refractivity contribution in [2.45, 2.75) is 0 Å². The first-order chi connectivity index (χ1) is 11.0. The van der Waals surface area contributed by atoms with Crippen LogP contribution in [-0.2, 0) is 14.7 Å². The molecule has 0 aliphatic heterocycles. The van der Waals surface area contributed by atoms with Gasteiger partial charge in [0, 0.05) is 0 Å². The molecule has 0 amide bonds. The predicted molar refractivity (Wildman–Crippen MR) is 90.2 cm³/mol. The third kappa shape index (κ3) is 28.8. The third-order valence-corrected chi connectivity index (χ3v) is 1.82. The van der Waals surface area contributed by atoms with Gasteiger partial charge in [-0.3, -0.25) is 0 Å². The van der Waals surface area contributed by atoms with E-state index in [9.17, 15) is 14.2 Å². The van der Waals surface area contributed by atoms with Gasteiger partial charge in [-0.1, -0.05) is 0 Å². The molecule has 0 aromatic heterocycles. The predicted octanol–water partition coefficient (Wildman–Crippen LogP) is 4.95. The van der Waals surface area contributed by atoms with E-state index in [0.717, 1.165) is 0 Å². The van der Waals surface area contributed by atoms with E-state index in [1.165, 1.54) is 0 Å². The molecule has 0 nitrogen and oxygen atoms in total. The van der Waals surface area contributed by atoms with E-state index in [-0.39, 0.29) is 24.4 Å². The average Bonchev–Trinajstić information content (AvgIpc) is 2.59. The van der Waals surface area contributed by atoms with Gasteiger partial charge in [-0.15, -0.1) is 0 Å². The first-order valence-electron chi connectivity index (χ1n) is 6.27. The van der Waals surface area contributed by atoms with Crippen LogP contribution in [0.3, 0.4) is 0 Å². The van der Waals surface area contributed by atoms with Crippen LogP contribution in [0.2, 0.25) is 0 Å². The fraction of sp³-hybridized carbons (Fsp3) is 0. The van der Waals surface area contributed by atoms with Crippen LogP contribution >= 0.6 is 0 Å². The van der Waals surface area contributed by atoms with E-state index in [2.05, 4.69) is 18.2 Å². The van der Waals surface area contributed by atoms with Gasteiger partial charge in [0.15, 0.2) is 0 Å². The van der Waals surface area contributed by atoms with E-state index < -0.39 is 14.7 Å². The van der Waals surface area contributed by atoms with E-state index in [4.69, 9.17) is 0 Å². The van der Waals surface area contributed by atoms with Crippen molar-refractivity contribution < 1.29 is 28.9 Å². The summed E-state index contributed by atoms with van der Waals surface area (Å²) in [6, 6.07) is 37.5. The SMILES string of the molecule is [F][Fe]([F])([F])[F].[SbH3].[c-]1ccccc1.[c-]1ccccc1.[c-]1ccccc1. The van der Waals surface area contributed by atoms with Gasteiger partial charge in [0.1, 0.15) is 0 Å². The minimum absolute atomic E-state index is 0. The van der Waals surface area contributed by atoms with Crippen molar-refractivity contribution in [3.05, 3.63) is 109 Å². The van der Waals surface area contributed by atoms with Crippen LogP contribution in [0.4, 0.5) is 14.2 Å². The second kappa shape index (κ2) is 18.1. The Morgan fingerprint density at radius 3 is 0.625 bits per heavy atom. The Bertz CT molecular complexity index is 387. The summed E-state index contributed by atoms with van der Waals surface area (Å²) in [6.45, 7) is 0. The first-order valence-corrected chi connectivity index (χ1v) is 7.94. The monoisotopic (exact) mass is 487 g/mol. The molecule has 3 aromatic carbocycles. The summed E-state index contributed by atoms with van der Waals surface area (Å²) >= 11 is -6.50. The molecule has 0 spiro atoms. The molecule has 0 bridgehead atoms. The molecule has 0 heterocycles. The Morgan fingerprint density at radius 2 is 0.583 bits per heavy atom. The molecule has 6 heteroatoms. The van der Waals surface area contributed by atoms with Crippen LogP contribution in [-0.4, -0.2) is 24.4 Å². The van der Waals surface area contributed by atoms with E-state index in [0.29, 0.717) is 0 Å². The molecule has 0 saturated heterocycles. The smallest absolute Gasteiger partial charge is 0.171 e. The molecular formula is C18H18F4FeSb-3. The minimum atomic E-state index is -6.50. The number of rotatable bonds is 0. The van der Waals surface area contributed by atoms with Gasteiger partial charge in [0.25, 0.3) is 0 Å². The molecule has 0 fully saturated rings. The van der Waals surface area contributed by atoms with Crippen LogP contribution in [0.25, 0.3) is 0 Å². The van der Waals surface area contributed by atoms with Gasteiger partial charge in [-0.2, -0.15) is 109 Å². The molecule has 3 aromatic rings. The van der Waals surface area contributed by atoms with Crippen molar-refractivity contribution >= 4 is 24.4 Å². The van der Waals surface area contributed by atoms with Gasteiger partial charge in [-0.05, 0) is 0 Å². The van der Waals surface area contributed by atoms with E-state index in [1.54, 1.807) is 0 Å². The molecule has 0 radical (unpaired) electrons. The Hall–Kier alpha value is -1.28. The van der Waals surface area contributed by atoms with Gasteiger partial charge < -0.3 is 0 Å². The van der Waals surface area contributed by atoms with Gasteiger partial charge >= 0.3 is 53.3 Å². The molecule has 134 valence electrons. The van der Waals surface area contributed by atoms with Crippen LogP contribution < -0.4 is 0 Å². The summed E-state index contributed by atoms with van der Waals surface area (Å²) in [5.74, 6) is 0. The standard InChI is InChI=1S/3C6H5.4FH.Fe.Sb.3H/c3*1-2-4-6-5-3-1;;;;;;;;;/h3*1-5H;4*1H;;;;;/q3*-1;;;;;+4;;;;/p-4. The Kier molecular flexibility index (Phi) is 18.8. The van der Waals surface area contributed by atoms with Gasteiger partial charge in [-0.25, -0.2) is 0 Å². The molecule has 0 N–H and O–H groups in total. The van der Waals surface area contributed by atoms with Crippen LogP contribution in [0.1, 0.15) is 0 Å². The molecule has 0 saturated carbocycles. The maximum atomic E-state index is 9.81. The first kappa shape index (κ1) is 25.0. The summed E-state index contributed by atoms with van der Waals surface area (Å²) in [4.78, 5) is 0. The number of halogens is 4. The Balaban J connectivity index is 0. The van der Waals surface area contributed by atoms with Crippen molar-refractivity contribution in [1.82, 2.24) is 0 Å². The van der Waals surface area contributed by atoms with Gasteiger partial charge in [0.2, 0.25) is 0 Å². The minimum Gasteiger partial charge on any atom is -0.184 e. The largest absolute Gasteiger partial charge is 0.184 e. The Labute approximate surface area is 162 Å². The fourth-order valence-corrected chi connectivity index (χ4v) is 1.03. The zero-order chi connectivity index (χ0) is 17.2. The average molecular weight is 488 g/mol. The zero-order valence-corrected chi connectivity index (χ0v) is 17.9. The maximum absolute atomic E-state index is 9.81. The van der Waals surface area contributed by atoms with E-state index >= 15 is 0 Å². The van der Waals surface area contributed by atoms with Crippen molar-refractivity contribution in [3.63, 3.8) is 0 Å². The summed E-state index contributed by atoms with van der Waals surface area (Å²) in [7, 11) is 0. The number of hydrogen-bond acceptors (Lipinski definition) is 0. The molecular weight excluding hydrogens is 470 g/mol. The van der Waals surface area contributed by atoms with E-state index in [1.807, 2.05) is 91.0 Å². The van der Waals surface area contributed by atoms with Crippen LogP contribution in [0, 0.1) is 18.2 Å². The topological polar surface area (TPSA) is 0 Å². The second-order valence-electron chi connectivity index (χ2n) is 3.54. The molecule has 24 heavy (non-hydrogen) atoms. The Morgan fingerprint density at radius 1 is 0.417 bits per heavy atom. The normalized spacial score (nSPS) is 9.17. The van der Waals surface area contributed by atoms with Crippen molar-refractivity contribution in [3.8, 4) is 0 Å².